The predicted molar refractivity (Wildman–Crippen MR) is 83.9 cm³/mol. The zero-order valence-electron chi connectivity index (χ0n) is 11.5. The highest BCUT2D eigenvalue weighted by Crippen LogP contribution is 2.21. The second kappa shape index (κ2) is 6.43. The van der Waals surface area contributed by atoms with Crippen molar-refractivity contribution in [2.45, 2.75) is 18.7 Å². The van der Waals surface area contributed by atoms with Gasteiger partial charge in [-0.15, -0.1) is 11.8 Å². The van der Waals surface area contributed by atoms with Gasteiger partial charge in [-0.25, -0.2) is 4.98 Å². The third-order valence-electron chi connectivity index (χ3n) is 2.87. The molecule has 0 fully saturated rings. The van der Waals surface area contributed by atoms with Gasteiger partial charge in [-0.1, -0.05) is 18.2 Å². The number of para-hydroxylation sites is 1. The zero-order valence-corrected chi connectivity index (χ0v) is 12.3. The summed E-state index contributed by atoms with van der Waals surface area (Å²) >= 11 is 1.44. The Morgan fingerprint density at radius 2 is 1.95 bits per heavy atom. The molecule has 4 nitrogen and oxygen atoms in total. The SMILES string of the molecule is Cc1cccc(C)c1NC(=O)CSc1ccc(N)nc1. The summed E-state index contributed by atoms with van der Waals surface area (Å²) in [6, 6.07) is 9.54. The fourth-order valence-corrected chi connectivity index (χ4v) is 2.47. The predicted octanol–water partition coefficient (Wildman–Crippen LogP) is 3.01. The van der Waals surface area contributed by atoms with E-state index < -0.39 is 0 Å². The number of thioether (sulfide) groups is 1. The number of hydrogen-bond donors (Lipinski definition) is 2. The van der Waals surface area contributed by atoms with Gasteiger partial charge in [0.2, 0.25) is 5.91 Å². The van der Waals surface area contributed by atoms with E-state index in [9.17, 15) is 4.79 Å². The van der Waals surface area contributed by atoms with Crippen LogP contribution in [0.1, 0.15) is 11.1 Å². The molecular formula is C15H17N3OS. The zero-order chi connectivity index (χ0) is 14.5. The smallest absolute Gasteiger partial charge is 0.234 e. The van der Waals surface area contributed by atoms with Gasteiger partial charge in [-0.3, -0.25) is 4.79 Å². The fraction of sp³-hybridized carbons (Fsp3) is 0.200. The van der Waals surface area contributed by atoms with Crippen LogP contribution < -0.4 is 11.1 Å². The number of nitrogens with zero attached hydrogens (tertiary/aromatic N) is 1. The van der Waals surface area contributed by atoms with Crippen LogP contribution in [0.15, 0.2) is 41.4 Å². The Kier molecular flexibility index (Phi) is 4.63. The van der Waals surface area contributed by atoms with E-state index in [1.54, 1.807) is 12.3 Å². The molecule has 0 unspecified atom stereocenters. The van der Waals surface area contributed by atoms with Crippen LogP contribution in [-0.2, 0) is 4.79 Å². The molecule has 5 heteroatoms. The number of carbonyl (C=O) groups is 1. The third kappa shape index (κ3) is 3.74. The number of benzene rings is 1. The van der Waals surface area contributed by atoms with Crippen LogP contribution in [0.2, 0.25) is 0 Å². The average molecular weight is 287 g/mol. The number of nitrogen functional groups attached to an aromatic ring is 1. The molecule has 1 heterocycles. The van der Waals surface area contributed by atoms with Crippen molar-refractivity contribution in [3.63, 3.8) is 0 Å². The second-order valence-corrected chi connectivity index (χ2v) is 5.57. The number of amides is 1. The van der Waals surface area contributed by atoms with Crippen LogP contribution in [0, 0.1) is 13.8 Å². The lowest BCUT2D eigenvalue weighted by Crippen LogP contribution is -2.15. The molecule has 0 aliphatic carbocycles. The Morgan fingerprint density at radius 1 is 1.25 bits per heavy atom. The van der Waals surface area contributed by atoms with Gasteiger partial charge in [0.25, 0.3) is 0 Å². The van der Waals surface area contributed by atoms with E-state index in [1.807, 2.05) is 38.1 Å². The molecule has 3 N–H and O–H groups in total. The van der Waals surface area contributed by atoms with E-state index in [4.69, 9.17) is 5.73 Å². The monoisotopic (exact) mass is 287 g/mol. The average Bonchev–Trinajstić information content (AvgIpc) is 2.42. The summed E-state index contributed by atoms with van der Waals surface area (Å²) in [4.78, 5) is 16.9. The van der Waals surface area contributed by atoms with Crippen LogP contribution in [0.3, 0.4) is 0 Å². The first-order chi connectivity index (χ1) is 9.56. The lowest BCUT2D eigenvalue weighted by atomic mass is 10.1. The van der Waals surface area contributed by atoms with Gasteiger partial charge >= 0.3 is 0 Å². The summed E-state index contributed by atoms with van der Waals surface area (Å²) in [5.74, 6) is 0.804. The minimum Gasteiger partial charge on any atom is -0.384 e. The number of aromatic nitrogens is 1. The van der Waals surface area contributed by atoms with E-state index in [0.29, 0.717) is 11.6 Å². The summed E-state index contributed by atoms with van der Waals surface area (Å²) in [7, 11) is 0. The first-order valence-electron chi connectivity index (χ1n) is 6.26. The first-order valence-corrected chi connectivity index (χ1v) is 7.25. The molecule has 20 heavy (non-hydrogen) atoms. The Morgan fingerprint density at radius 3 is 2.55 bits per heavy atom. The molecule has 2 rings (SSSR count). The number of rotatable bonds is 4. The van der Waals surface area contributed by atoms with Crippen molar-refractivity contribution >= 4 is 29.2 Å². The Labute approximate surface area is 122 Å². The molecule has 0 saturated heterocycles. The molecule has 0 spiro atoms. The summed E-state index contributed by atoms with van der Waals surface area (Å²) in [6.07, 6.45) is 1.67. The van der Waals surface area contributed by atoms with Crippen molar-refractivity contribution in [2.75, 3.05) is 16.8 Å². The maximum atomic E-state index is 12.0. The minimum absolute atomic E-state index is 0.0239. The molecule has 0 aliphatic heterocycles. The Bertz CT molecular complexity index is 591. The third-order valence-corrected chi connectivity index (χ3v) is 3.86. The van der Waals surface area contributed by atoms with E-state index in [2.05, 4.69) is 10.3 Å². The highest BCUT2D eigenvalue weighted by Gasteiger charge is 2.07. The largest absolute Gasteiger partial charge is 0.384 e. The molecule has 0 saturated carbocycles. The fourth-order valence-electron chi connectivity index (χ4n) is 1.81. The van der Waals surface area contributed by atoms with Gasteiger partial charge in [0.15, 0.2) is 0 Å². The van der Waals surface area contributed by atoms with Crippen molar-refractivity contribution in [1.29, 1.82) is 0 Å². The van der Waals surface area contributed by atoms with E-state index >= 15 is 0 Å². The second-order valence-electron chi connectivity index (χ2n) is 4.52. The van der Waals surface area contributed by atoms with Crippen LogP contribution in [-0.4, -0.2) is 16.6 Å². The van der Waals surface area contributed by atoms with Crippen LogP contribution in [0.5, 0.6) is 0 Å². The van der Waals surface area contributed by atoms with Crippen molar-refractivity contribution in [3.05, 3.63) is 47.7 Å². The molecule has 0 aliphatic rings. The Balaban J connectivity index is 1.94. The number of aryl methyl sites for hydroxylation is 2. The molecule has 104 valence electrons. The lowest BCUT2D eigenvalue weighted by molar-refractivity contribution is -0.113. The van der Waals surface area contributed by atoms with E-state index in [0.717, 1.165) is 21.7 Å². The number of nitrogens with one attached hydrogen (secondary N) is 1. The number of hydrogen-bond acceptors (Lipinski definition) is 4. The summed E-state index contributed by atoms with van der Waals surface area (Å²) in [5, 5.41) is 2.96. The van der Waals surface area contributed by atoms with Gasteiger partial charge in [0, 0.05) is 16.8 Å². The van der Waals surface area contributed by atoms with Gasteiger partial charge in [0.05, 0.1) is 5.75 Å². The lowest BCUT2D eigenvalue weighted by Gasteiger charge is -2.11. The summed E-state index contributed by atoms with van der Waals surface area (Å²) < 4.78 is 0. The number of carbonyl (C=O) groups excluding carboxylic acids is 1. The highest BCUT2D eigenvalue weighted by molar-refractivity contribution is 8.00. The topological polar surface area (TPSA) is 68.0 Å². The quantitative estimate of drug-likeness (QED) is 0.848. The molecule has 1 aromatic heterocycles. The van der Waals surface area contributed by atoms with Crippen molar-refractivity contribution in [3.8, 4) is 0 Å². The molecule has 1 amide bonds. The normalized spacial score (nSPS) is 10.3. The summed E-state index contributed by atoms with van der Waals surface area (Å²) in [6.45, 7) is 3.97. The van der Waals surface area contributed by atoms with Crippen LogP contribution >= 0.6 is 11.8 Å². The van der Waals surface area contributed by atoms with E-state index in [1.165, 1.54) is 11.8 Å². The minimum atomic E-state index is -0.0239. The van der Waals surface area contributed by atoms with Crippen LogP contribution in [0.4, 0.5) is 11.5 Å². The van der Waals surface area contributed by atoms with Gasteiger partial charge in [-0.05, 0) is 37.1 Å². The standard InChI is InChI=1S/C15H17N3OS/c1-10-4-3-5-11(2)15(10)18-14(19)9-20-12-6-7-13(16)17-8-12/h3-8H,9H2,1-2H3,(H2,16,17)(H,18,19). The highest BCUT2D eigenvalue weighted by atomic mass is 32.2. The molecular weight excluding hydrogens is 270 g/mol. The molecule has 1 aromatic carbocycles. The maximum absolute atomic E-state index is 12.0. The molecule has 0 bridgehead atoms. The van der Waals surface area contributed by atoms with Gasteiger partial charge in [0.1, 0.15) is 5.82 Å². The Hall–Kier alpha value is -2.01. The first kappa shape index (κ1) is 14.4. The number of pyridine rings is 1. The van der Waals surface area contributed by atoms with Gasteiger partial charge in [-0.2, -0.15) is 0 Å². The molecule has 0 atom stereocenters. The molecule has 2 aromatic rings. The van der Waals surface area contributed by atoms with E-state index in [-0.39, 0.29) is 5.91 Å². The summed E-state index contributed by atoms with van der Waals surface area (Å²) in [5.41, 5.74) is 8.55. The van der Waals surface area contributed by atoms with Gasteiger partial charge < -0.3 is 11.1 Å². The number of nitrogens with two attached hydrogens (primary N) is 1. The van der Waals surface area contributed by atoms with Crippen LogP contribution in [0.25, 0.3) is 0 Å². The van der Waals surface area contributed by atoms with Crippen molar-refractivity contribution in [1.82, 2.24) is 4.98 Å². The number of anilines is 2. The molecule has 0 radical (unpaired) electrons. The maximum Gasteiger partial charge on any atom is 0.234 e. The van der Waals surface area contributed by atoms with Crippen molar-refractivity contribution in [2.24, 2.45) is 0 Å². The van der Waals surface area contributed by atoms with Crippen molar-refractivity contribution < 1.29 is 4.79 Å².